The molecule has 0 atom stereocenters. The fourth-order valence-electron chi connectivity index (χ4n) is 7.69. The molecule has 0 spiro atoms. The number of fused-ring (bicyclic) bond motifs is 6. The lowest BCUT2D eigenvalue weighted by Crippen LogP contribution is -2.05. The van der Waals surface area contributed by atoms with Crippen molar-refractivity contribution in [3.05, 3.63) is 216 Å². The monoisotopic (exact) mass is 687 g/mol. The molecule has 0 N–H and O–H groups in total. The van der Waals surface area contributed by atoms with Crippen LogP contribution in [0.3, 0.4) is 0 Å². The highest BCUT2D eigenvalue weighted by atomic mass is 16.3. The highest BCUT2D eigenvalue weighted by Gasteiger charge is 2.20. The molecule has 1 aromatic heterocycles. The lowest BCUT2D eigenvalue weighted by Gasteiger charge is -2.13. The molecule has 2 nitrogen and oxygen atoms in total. The van der Waals surface area contributed by atoms with Gasteiger partial charge < -0.3 is 4.42 Å². The van der Waals surface area contributed by atoms with Crippen LogP contribution in [0.25, 0.3) is 77.0 Å². The van der Waals surface area contributed by atoms with E-state index in [1.165, 1.54) is 21.9 Å². The molecular formula is C52H33NO. The number of nitrogens with zero attached hydrogens (tertiary/aromatic N) is 1. The molecule has 252 valence electrons. The first-order chi connectivity index (χ1) is 26.7. The molecule has 9 aromatic rings. The van der Waals surface area contributed by atoms with Crippen molar-refractivity contribution in [2.45, 2.75) is 6.92 Å². The summed E-state index contributed by atoms with van der Waals surface area (Å²) in [6, 6.07) is 61.9. The first kappa shape index (κ1) is 31.5. The number of benzene rings is 8. The Morgan fingerprint density at radius 1 is 0.463 bits per heavy atom. The number of hydrogen-bond acceptors (Lipinski definition) is 2. The van der Waals surface area contributed by atoms with Crippen LogP contribution in [0.15, 0.2) is 208 Å². The summed E-state index contributed by atoms with van der Waals surface area (Å²) in [6.45, 7) is 2.10. The normalized spacial score (nSPS) is 14.0. The maximum Gasteiger partial charge on any atom is 0.136 e. The molecule has 8 aromatic carbocycles. The minimum absolute atomic E-state index is 0.768. The number of hydrogen-bond donors (Lipinski definition) is 0. The summed E-state index contributed by atoms with van der Waals surface area (Å²) in [5, 5.41) is 6.93. The quantitative estimate of drug-likeness (QED) is 0.165. The third-order valence-corrected chi connectivity index (χ3v) is 10.4. The summed E-state index contributed by atoms with van der Waals surface area (Å²) in [5.74, 6) is 0. The second-order valence-electron chi connectivity index (χ2n) is 13.8. The zero-order valence-corrected chi connectivity index (χ0v) is 29.7. The van der Waals surface area contributed by atoms with E-state index in [9.17, 15) is 0 Å². The standard InChI is InChI=1S/C52H33NO/c1-34-30-41(35-12-4-2-5-13-35)26-28-48(39-15-6-3-7-16-39)53-52(34)46-33-50-51(45-19-11-10-18-44(45)46)47-32-43(27-29-49(47)54-50)38-22-20-37(21-23-38)42-25-24-36-14-8-9-17-40(36)31-42/h2-27,29,31-33H,1H3/b53-52+. The van der Waals surface area contributed by atoms with Gasteiger partial charge in [-0.1, -0.05) is 157 Å². The summed E-state index contributed by atoms with van der Waals surface area (Å²) in [6.07, 6.45) is 2.00. The Morgan fingerprint density at radius 2 is 1.07 bits per heavy atom. The molecule has 0 aliphatic carbocycles. The Kier molecular flexibility index (Phi) is 7.64. The van der Waals surface area contributed by atoms with Crippen LogP contribution in [0.1, 0.15) is 23.6 Å². The van der Waals surface area contributed by atoms with Crippen LogP contribution >= 0.6 is 0 Å². The van der Waals surface area contributed by atoms with Gasteiger partial charge in [-0.15, -0.1) is 5.73 Å². The van der Waals surface area contributed by atoms with E-state index in [-0.39, 0.29) is 0 Å². The van der Waals surface area contributed by atoms with Crippen LogP contribution in [0.2, 0.25) is 0 Å². The second-order valence-corrected chi connectivity index (χ2v) is 13.8. The van der Waals surface area contributed by atoms with Crippen LogP contribution in [0.4, 0.5) is 0 Å². The maximum absolute atomic E-state index is 6.67. The summed E-state index contributed by atoms with van der Waals surface area (Å²) in [5.41, 5.74) is 20.2. The molecule has 0 fully saturated rings. The molecule has 10 rings (SSSR count). The molecule has 1 aliphatic heterocycles. The molecule has 0 radical (unpaired) electrons. The first-order valence-corrected chi connectivity index (χ1v) is 18.3. The van der Waals surface area contributed by atoms with Gasteiger partial charge in [0.05, 0.1) is 5.71 Å². The summed E-state index contributed by atoms with van der Waals surface area (Å²) >= 11 is 0. The van der Waals surface area contributed by atoms with Gasteiger partial charge >= 0.3 is 0 Å². The van der Waals surface area contributed by atoms with Crippen molar-refractivity contribution < 1.29 is 4.42 Å². The lowest BCUT2D eigenvalue weighted by molar-refractivity contribution is 0.669. The average molecular weight is 688 g/mol. The highest BCUT2D eigenvalue weighted by molar-refractivity contribution is 6.28. The van der Waals surface area contributed by atoms with Gasteiger partial charge in [0.1, 0.15) is 16.9 Å². The first-order valence-electron chi connectivity index (χ1n) is 18.3. The second kappa shape index (κ2) is 13.1. The Hall–Kier alpha value is -7.21. The van der Waals surface area contributed by atoms with Crippen molar-refractivity contribution in [3.63, 3.8) is 0 Å². The average Bonchev–Trinajstić information content (AvgIpc) is 3.61. The minimum atomic E-state index is 0.768. The van der Waals surface area contributed by atoms with Crippen molar-refractivity contribution in [2.24, 2.45) is 4.99 Å². The lowest BCUT2D eigenvalue weighted by atomic mass is 9.92. The highest BCUT2D eigenvalue weighted by Crippen LogP contribution is 2.40. The van der Waals surface area contributed by atoms with E-state index in [1.807, 2.05) is 30.3 Å². The molecule has 0 unspecified atom stereocenters. The molecule has 2 heterocycles. The van der Waals surface area contributed by atoms with Crippen LogP contribution in [0.5, 0.6) is 0 Å². The Morgan fingerprint density at radius 3 is 1.83 bits per heavy atom. The fourth-order valence-corrected chi connectivity index (χ4v) is 7.69. The van der Waals surface area contributed by atoms with Crippen molar-refractivity contribution in [2.75, 3.05) is 0 Å². The van der Waals surface area contributed by atoms with E-state index in [1.54, 1.807) is 0 Å². The van der Waals surface area contributed by atoms with Crippen molar-refractivity contribution in [1.29, 1.82) is 0 Å². The summed E-state index contributed by atoms with van der Waals surface area (Å²) < 4.78 is 6.67. The predicted molar refractivity (Wildman–Crippen MR) is 227 cm³/mol. The number of rotatable bonds is 5. The smallest absolute Gasteiger partial charge is 0.136 e. The van der Waals surface area contributed by atoms with Gasteiger partial charge in [-0.25, -0.2) is 4.99 Å². The van der Waals surface area contributed by atoms with E-state index >= 15 is 0 Å². The van der Waals surface area contributed by atoms with Gasteiger partial charge in [-0.2, -0.15) is 0 Å². The molecule has 0 saturated heterocycles. The third-order valence-electron chi connectivity index (χ3n) is 10.4. The SMILES string of the molecule is CC1=C=C(c2ccccc2)C=C=C(c2ccccc2)/N=C\1c1cc2oc3ccc(-c4ccc(-c5ccc6ccccc6c5)cc4)cc3c2c2ccccc12. The Balaban J connectivity index is 1.12. The topological polar surface area (TPSA) is 25.5 Å². The van der Waals surface area contributed by atoms with Gasteiger partial charge in [-0.05, 0) is 86.6 Å². The largest absolute Gasteiger partial charge is 0.456 e. The number of allylic oxidation sites excluding steroid dienone is 2. The Labute approximate surface area is 313 Å². The molecule has 0 amide bonds. The van der Waals surface area contributed by atoms with Crippen molar-refractivity contribution in [3.8, 4) is 22.3 Å². The van der Waals surface area contributed by atoms with E-state index in [4.69, 9.17) is 9.41 Å². The van der Waals surface area contributed by atoms with Crippen LogP contribution in [-0.4, -0.2) is 5.71 Å². The third kappa shape index (κ3) is 5.60. The van der Waals surface area contributed by atoms with Crippen molar-refractivity contribution in [1.82, 2.24) is 0 Å². The molecular weight excluding hydrogens is 655 g/mol. The number of furan rings is 1. The Bertz CT molecular complexity index is 3090. The fraction of sp³-hybridized carbons (Fsp3) is 0.0192. The predicted octanol–water partition coefficient (Wildman–Crippen LogP) is 13.9. The van der Waals surface area contributed by atoms with Crippen LogP contribution < -0.4 is 0 Å². The van der Waals surface area contributed by atoms with Gasteiger partial charge in [0.25, 0.3) is 0 Å². The van der Waals surface area contributed by atoms with E-state index < -0.39 is 0 Å². The summed E-state index contributed by atoms with van der Waals surface area (Å²) in [7, 11) is 0. The molecule has 2 heteroatoms. The zero-order chi connectivity index (χ0) is 36.0. The zero-order valence-electron chi connectivity index (χ0n) is 29.7. The van der Waals surface area contributed by atoms with E-state index in [2.05, 4.69) is 170 Å². The maximum atomic E-state index is 6.67. The van der Waals surface area contributed by atoms with Crippen LogP contribution in [0, 0.1) is 0 Å². The minimum Gasteiger partial charge on any atom is -0.456 e. The van der Waals surface area contributed by atoms with Gasteiger partial charge in [0.15, 0.2) is 0 Å². The van der Waals surface area contributed by atoms with Gasteiger partial charge in [-0.3, -0.25) is 0 Å². The molecule has 0 saturated carbocycles. The van der Waals surface area contributed by atoms with E-state index in [0.29, 0.717) is 0 Å². The van der Waals surface area contributed by atoms with Gasteiger partial charge in [0.2, 0.25) is 0 Å². The van der Waals surface area contributed by atoms with Crippen LogP contribution in [-0.2, 0) is 0 Å². The molecule has 54 heavy (non-hydrogen) atoms. The summed E-state index contributed by atoms with van der Waals surface area (Å²) in [4.78, 5) is 5.33. The molecule has 0 bridgehead atoms. The van der Waals surface area contributed by atoms with Crippen molar-refractivity contribution >= 4 is 60.5 Å². The number of aliphatic imine (C=N–C) groups is 1. The molecule has 1 aliphatic rings. The van der Waals surface area contributed by atoms with Gasteiger partial charge in [0, 0.05) is 33.0 Å². The van der Waals surface area contributed by atoms with E-state index in [0.717, 1.165) is 83.1 Å².